The van der Waals surface area contributed by atoms with Gasteiger partial charge in [0.15, 0.2) is 6.10 Å². The Hall–Kier alpha value is -1.92. The van der Waals surface area contributed by atoms with Crippen LogP contribution in [0.2, 0.25) is 0 Å². The van der Waals surface area contributed by atoms with Gasteiger partial charge in [-0.2, -0.15) is 0 Å². The summed E-state index contributed by atoms with van der Waals surface area (Å²) in [5.74, 6) is 1.06. The molecule has 140 valence electrons. The number of piperidine rings is 1. The number of ether oxygens (including phenoxy) is 1. The first-order chi connectivity index (χ1) is 13.1. The van der Waals surface area contributed by atoms with Crippen molar-refractivity contribution in [2.45, 2.75) is 31.8 Å². The minimum atomic E-state index is -0.500. The number of hydrogen-bond acceptors (Lipinski definition) is 4. The van der Waals surface area contributed by atoms with Crippen molar-refractivity contribution in [3.8, 4) is 5.75 Å². The monoisotopic (exact) mass is 444 g/mol. The number of rotatable bonds is 4. The van der Waals surface area contributed by atoms with E-state index in [0.717, 1.165) is 34.4 Å². The summed E-state index contributed by atoms with van der Waals surface area (Å²) in [6.45, 7) is 3.33. The van der Waals surface area contributed by atoms with E-state index in [9.17, 15) is 4.79 Å². The van der Waals surface area contributed by atoms with Gasteiger partial charge in [0.1, 0.15) is 5.75 Å². The van der Waals surface area contributed by atoms with Gasteiger partial charge < -0.3 is 9.64 Å². The van der Waals surface area contributed by atoms with Crippen molar-refractivity contribution < 1.29 is 9.53 Å². The lowest BCUT2D eigenvalue weighted by Crippen LogP contribution is -2.45. The van der Waals surface area contributed by atoms with E-state index in [1.54, 1.807) is 11.3 Å². The van der Waals surface area contributed by atoms with E-state index in [1.807, 2.05) is 48.2 Å². The van der Waals surface area contributed by atoms with Crippen LogP contribution in [-0.2, 0) is 4.79 Å². The molecule has 1 aromatic heterocycles. The van der Waals surface area contributed by atoms with Gasteiger partial charge >= 0.3 is 0 Å². The van der Waals surface area contributed by atoms with Crippen LogP contribution in [-0.4, -0.2) is 35.0 Å². The van der Waals surface area contributed by atoms with Gasteiger partial charge in [-0.05, 0) is 56.2 Å². The fraction of sp³-hybridized carbons (Fsp3) is 0.333. The molecule has 0 unspecified atom stereocenters. The second kappa shape index (κ2) is 7.98. The van der Waals surface area contributed by atoms with E-state index in [4.69, 9.17) is 9.72 Å². The van der Waals surface area contributed by atoms with Crippen LogP contribution in [0.4, 0.5) is 0 Å². The Morgan fingerprint density at radius 2 is 2.04 bits per heavy atom. The molecule has 4 nitrogen and oxygen atoms in total. The number of halogens is 1. The largest absolute Gasteiger partial charge is 0.481 e. The van der Waals surface area contributed by atoms with Crippen LogP contribution in [0.15, 0.2) is 53.0 Å². The van der Waals surface area contributed by atoms with Crippen LogP contribution in [0.1, 0.15) is 30.7 Å². The molecule has 0 bridgehead atoms. The predicted molar refractivity (Wildman–Crippen MR) is 112 cm³/mol. The standard InChI is InChI=1S/C21H21BrN2O2S/c1-14(26-17-10-8-16(22)9-11-17)21(25)24-12-4-5-15(13-24)20-23-18-6-2-3-7-19(18)27-20/h2-3,6-11,14-15H,4-5,12-13H2,1H3/t14-,15+/m0/s1. The maximum Gasteiger partial charge on any atom is 0.263 e. The van der Waals surface area contributed by atoms with Crippen molar-refractivity contribution in [2.24, 2.45) is 0 Å². The number of amides is 1. The zero-order valence-corrected chi connectivity index (χ0v) is 17.5. The van der Waals surface area contributed by atoms with E-state index in [1.165, 1.54) is 4.70 Å². The topological polar surface area (TPSA) is 42.4 Å². The molecule has 4 rings (SSSR count). The van der Waals surface area contributed by atoms with E-state index in [2.05, 4.69) is 28.1 Å². The molecule has 0 N–H and O–H groups in total. The second-order valence-corrected chi connectivity index (χ2v) is 8.84. The number of carbonyl (C=O) groups is 1. The highest BCUT2D eigenvalue weighted by atomic mass is 79.9. The minimum Gasteiger partial charge on any atom is -0.481 e. The molecule has 2 heterocycles. The quantitative estimate of drug-likeness (QED) is 0.552. The molecule has 27 heavy (non-hydrogen) atoms. The average Bonchev–Trinajstić information content (AvgIpc) is 3.13. The maximum absolute atomic E-state index is 12.9. The van der Waals surface area contributed by atoms with Crippen molar-refractivity contribution >= 4 is 43.4 Å². The lowest BCUT2D eigenvalue weighted by molar-refractivity contribution is -0.139. The van der Waals surface area contributed by atoms with Gasteiger partial charge in [-0.1, -0.05) is 28.1 Å². The van der Waals surface area contributed by atoms with Crippen LogP contribution < -0.4 is 4.74 Å². The number of hydrogen-bond donors (Lipinski definition) is 0. The Balaban J connectivity index is 1.43. The Bertz CT molecular complexity index is 908. The average molecular weight is 445 g/mol. The summed E-state index contributed by atoms with van der Waals surface area (Å²) in [4.78, 5) is 19.6. The number of para-hydroxylation sites is 1. The van der Waals surface area contributed by atoms with E-state index < -0.39 is 6.10 Å². The zero-order valence-electron chi connectivity index (χ0n) is 15.1. The Kier molecular flexibility index (Phi) is 5.45. The third kappa shape index (κ3) is 4.17. The summed E-state index contributed by atoms with van der Waals surface area (Å²) in [6.07, 6.45) is 1.57. The summed E-state index contributed by atoms with van der Waals surface area (Å²) in [7, 11) is 0. The van der Waals surface area contributed by atoms with Crippen molar-refractivity contribution in [3.63, 3.8) is 0 Å². The van der Waals surface area contributed by atoms with Crippen molar-refractivity contribution in [2.75, 3.05) is 13.1 Å². The molecule has 3 aromatic rings. The van der Waals surface area contributed by atoms with Crippen LogP contribution in [0.3, 0.4) is 0 Å². The molecule has 1 amide bonds. The van der Waals surface area contributed by atoms with Crippen molar-refractivity contribution in [1.29, 1.82) is 0 Å². The molecular weight excluding hydrogens is 424 g/mol. The number of fused-ring (bicyclic) bond motifs is 1. The molecule has 1 fully saturated rings. The first-order valence-corrected chi connectivity index (χ1v) is 10.8. The first-order valence-electron chi connectivity index (χ1n) is 9.16. The van der Waals surface area contributed by atoms with Gasteiger partial charge in [0, 0.05) is 23.5 Å². The number of benzene rings is 2. The number of nitrogens with zero attached hydrogens (tertiary/aromatic N) is 2. The van der Waals surface area contributed by atoms with Crippen LogP contribution in [0, 0.1) is 0 Å². The SMILES string of the molecule is C[C@H](Oc1ccc(Br)cc1)C(=O)N1CCC[C@@H](c2nc3ccccc3s2)C1. The summed E-state index contributed by atoms with van der Waals surface area (Å²) < 4.78 is 8.05. The van der Waals surface area contributed by atoms with Gasteiger partial charge in [0.25, 0.3) is 5.91 Å². The molecular formula is C21H21BrN2O2S. The summed E-state index contributed by atoms with van der Waals surface area (Å²) in [5.41, 5.74) is 1.05. The molecule has 0 aliphatic carbocycles. The smallest absolute Gasteiger partial charge is 0.263 e. The van der Waals surface area contributed by atoms with Gasteiger partial charge in [-0.3, -0.25) is 4.79 Å². The van der Waals surface area contributed by atoms with Crippen LogP contribution in [0.5, 0.6) is 5.75 Å². The highest BCUT2D eigenvalue weighted by Crippen LogP contribution is 2.33. The van der Waals surface area contributed by atoms with Crippen LogP contribution in [0.25, 0.3) is 10.2 Å². The Morgan fingerprint density at radius 3 is 2.81 bits per heavy atom. The zero-order chi connectivity index (χ0) is 18.8. The lowest BCUT2D eigenvalue weighted by atomic mass is 9.98. The Labute approximate surface area is 171 Å². The summed E-state index contributed by atoms with van der Waals surface area (Å²) in [6, 6.07) is 15.8. The van der Waals surface area contributed by atoms with E-state index in [0.29, 0.717) is 18.2 Å². The molecule has 2 aromatic carbocycles. The maximum atomic E-state index is 12.9. The highest BCUT2D eigenvalue weighted by molar-refractivity contribution is 9.10. The number of thiazole rings is 1. The normalized spacial score (nSPS) is 18.4. The molecule has 1 saturated heterocycles. The fourth-order valence-electron chi connectivity index (χ4n) is 3.47. The van der Waals surface area contributed by atoms with Crippen LogP contribution >= 0.6 is 27.3 Å². The van der Waals surface area contributed by atoms with Gasteiger partial charge in [-0.15, -0.1) is 11.3 Å². The molecule has 1 aliphatic rings. The molecule has 0 spiro atoms. The van der Waals surface area contributed by atoms with Crippen molar-refractivity contribution in [1.82, 2.24) is 9.88 Å². The molecule has 0 radical (unpaired) electrons. The van der Waals surface area contributed by atoms with Gasteiger partial charge in [0.05, 0.1) is 15.2 Å². The van der Waals surface area contributed by atoms with E-state index >= 15 is 0 Å². The third-order valence-electron chi connectivity index (χ3n) is 4.87. The second-order valence-electron chi connectivity index (χ2n) is 6.86. The summed E-state index contributed by atoms with van der Waals surface area (Å²) >= 11 is 5.15. The number of carbonyl (C=O) groups excluding carboxylic acids is 1. The third-order valence-corrected chi connectivity index (χ3v) is 6.59. The lowest BCUT2D eigenvalue weighted by Gasteiger charge is -2.33. The Morgan fingerprint density at radius 1 is 1.26 bits per heavy atom. The van der Waals surface area contributed by atoms with Gasteiger partial charge in [-0.25, -0.2) is 4.98 Å². The number of likely N-dealkylation sites (tertiary alicyclic amines) is 1. The molecule has 6 heteroatoms. The first kappa shape index (κ1) is 18.4. The fourth-order valence-corrected chi connectivity index (χ4v) is 4.83. The molecule has 1 aliphatic heterocycles. The van der Waals surface area contributed by atoms with Gasteiger partial charge in [0.2, 0.25) is 0 Å². The predicted octanol–water partition coefficient (Wildman–Crippen LogP) is 5.23. The highest BCUT2D eigenvalue weighted by Gasteiger charge is 2.30. The minimum absolute atomic E-state index is 0.0451. The molecule has 0 saturated carbocycles. The van der Waals surface area contributed by atoms with E-state index in [-0.39, 0.29) is 5.91 Å². The van der Waals surface area contributed by atoms with Crippen molar-refractivity contribution in [3.05, 3.63) is 58.0 Å². The number of aromatic nitrogens is 1. The molecule has 2 atom stereocenters. The summed E-state index contributed by atoms with van der Waals surface area (Å²) in [5, 5.41) is 1.13.